The number of carbonyl (C=O) groups is 1. The summed E-state index contributed by atoms with van der Waals surface area (Å²) in [5.41, 5.74) is 0.413. The summed E-state index contributed by atoms with van der Waals surface area (Å²) in [7, 11) is 0. The highest BCUT2D eigenvalue weighted by Gasteiger charge is 2.00. The first kappa shape index (κ1) is 23.9. The molecule has 0 bridgehead atoms. The molecule has 0 rings (SSSR count). The second-order valence-electron chi connectivity index (χ2n) is 6.23. The zero-order valence-electron chi connectivity index (χ0n) is 16.6. The molecule has 0 aromatic rings. The van der Waals surface area contributed by atoms with Gasteiger partial charge in [0, 0.05) is 5.57 Å². The summed E-state index contributed by atoms with van der Waals surface area (Å²) < 4.78 is 0. The highest BCUT2D eigenvalue weighted by Crippen LogP contribution is 2.08. The molecule has 0 aliphatic rings. The van der Waals surface area contributed by atoms with Crippen LogP contribution < -0.4 is 0 Å². The van der Waals surface area contributed by atoms with E-state index in [2.05, 4.69) is 19.1 Å². The maximum atomic E-state index is 10.8. The largest absolute Gasteiger partial charge is 0.478 e. The van der Waals surface area contributed by atoms with E-state index >= 15 is 0 Å². The smallest absolute Gasteiger partial charge is 0.331 e. The quantitative estimate of drug-likeness (QED) is 0.189. The zero-order valence-corrected chi connectivity index (χ0v) is 16.6. The van der Waals surface area contributed by atoms with Gasteiger partial charge in [-0.25, -0.2) is 4.79 Å². The van der Waals surface area contributed by atoms with Crippen LogP contribution in [0.25, 0.3) is 0 Å². The van der Waals surface area contributed by atoms with E-state index < -0.39 is 5.97 Å². The van der Waals surface area contributed by atoms with Crippen molar-refractivity contribution in [3.63, 3.8) is 0 Å². The average molecular weight is 357 g/mol. The summed E-state index contributed by atoms with van der Waals surface area (Å²) in [6.45, 7) is 4.09. The molecule has 0 aliphatic carbocycles. The van der Waals surface area contributed by atoms with E-state index in [4.69, 9.17) is 5.11 Å². The molecule has 0 spiro atoms. The third kappa shape index (κ3) is 16.8. The topological polar surface area (TPSA) is 37.3 Å². The molecule has 144 valence electrons. The second kappa shape index (κ2) is 19.2. The Morgan fingerprint density at radius 2 is 1.19 bits per heavy atom. The van der Waals surface area contributed by atoms with Gasteiger partial charge in [-0.3, -0.25) is 0 Å². The molecule has 0 radical (unpaired) electrons. The first-order valence-electron chi connectivity index (χ1n) is 9.98. The molecule has 2 nitrogen and oxygen atoms in total. The number of hydrogen-bond donors (Lipinski definition) is 1. The first-order chi connectivity index (χ1) is 12.7. The minimum Gasteiger partial charge on any atom is -0.478 e. The SMILES string of the molecule is CCCCCCCCC/C=C/C=C/C=C/C=C/C=C/C=C(\CC)C(=O)O. The zero-order chi connectivity index (χ0) is 19.3. The van der Waals surface area contributed by atoms with Crippen molar-refractivity contribution < 1.29 is 9.90 Å². The molecule has 0 aromatic carbocycles. The Bertz CT molecular complexity index is 516. The minimum atomic E-state index is -0.855. The van der Waals surface area contributed by atoms with Crippen LogP contribution in [0.15, 0.2) is 72.4 Å². The molecule has 26 heavy (non-hydrogen) atoms. The lowest BCUT2D eigenvalue weighted by Gasteiger charge is -1.98. The van der Waals surface area contributed by atoms with E-state index in [1.54, 1.807) is 12.2 Å². The Balaban J connectivity index is 3.76. The van der Waals surface area contributed by atoms with E-state index in [1.165, 1.54) is 44.9 Å². The molecule has 0 aliphatic heterocycles. The van der Waals surface area contributed by atoms with Crippen molar-refractivity contribution in [3.05, 3.63) is 72.4 Å². The highest BCUT2D eigenvalue weighted by molar-refractivity contribution is 5.86. The van der Waals surface area contributed by atoms with Crippen molar-refractivity contribution >= 4 is 5.97 Å². The van der Waals surface area contributed by atoms with E-state index in [9.17, 15) is 4.79 Å². The Morgan fingerprint density at radius 1 is 0.692 bits per heavy atom. The standard InChI is InChI=1S/C24H36O2/c1-3-5-6-7-8-9-10-11-12-13-14-15-16-17-18-19-20-21-22-23(4-2)24(25)26/h12-22H,3-11H2,1-2H3,(H,25,26)/b13-12+,15-14+,17-16+,19-18+,21-20+,23-22+. The lowest BCUT2D eigenvalue weighted by atomic mass is 10.1. The van der Waals surface area contributed by atoms with Crippen LogP contribution in [0.2, 0.25) is 0 Å². The van der Waals surface area contributed by atoms with Gasteiger partial charge < -0.3 is 5.11 Å². The molecular weight excluding hydrogens is 320 g/mol. The molecule has 0 heterocycles. The number of carboxylic acids is 1. The van der Waals surface area contributed by atoms with E-state index in [-0.39, 0.29) is 0 Å². The molecule has 0 atom stereocenters. The number of unbranched alkanes of at least 4 members (excludes halogenated alkanes) is 7. The van der Waals surface area contributed by atoms with Crippen LogP contribution in [0.4, 0.5) is 0 Å². The lowest BCUT2D eigenvalue weighted by Crippen LogP contribution is -1.97. The van der Waals surface area contributed by atoms with Crippen molar-refractivity contribution in [1.82, 2.24) is 0 Å². The predicted octanol–water partition coefficient (Wildman–Crippen LogP) is 7.33. The molecule has 0 saturated heterocycles. The highest BCUT2D eigenvalue weighted by atomic mass is 16.4. The summed E-state index contributed by atoms with van der Waals surface area (Å²) in [4.78, 5) is 10.8. The van der Waals surface area contributed by atoms with Crippen LogP contribution in [0.3, 0.4) is 0 Å². The fourth-order valence-electron chi connectivity index (χ4n) is 2.36. The Labute approximate surface area is 160 Å². The van der Waals surface area contributed by atoms with Gasteiger partial charge in [0.25, 0.3) is 0 Å². The maximum Gasteiger partial charge on any atom is 0.331 e. The Morgan fingerprint density at radius 3 is 1.73 bits per heavy atom. The number of allylic oxidation sites excluding steroid dienone is 11. The van der Waals surface area contributed by atoms with E-state index in [1.807, 2.05) is 49.5 Å². The summed E-state index contributed by atoms with van der Waals surface area (Å²) in [5, 5.41) is 8.87. The van der Waals surface area contributed by atoms with Crippen LogP contribution in [0, 0.1) is 0 Å². The van der Waals surface area contributed by atoms with Gasteiger partial charge in [-0.1, -0.05) is 119 Å². The number of hydrogen-bond acceptors (Lipinski definition) is 1. The Hall–Kier alpha value is -2.09. The molecular formula is C24H36O2. The molecule has 0 amide bonds. The van der Waals surface area contributed by atoms with Gasteiger partial charge in [0.15, 0.2) is 0 Å². The predicted molar refractivity (Wildman–Crippen MR) is 114 cm³/mol. The van der Waals surface area contributed by atoms with Gasteiger partial charge in [0.1, 0.15) is 0 Å². The molecule has 0 unspecified atom stereocenters. The summed E-state index contributed by atoms with van der Waals surface area (Å²) >= 11 is 0. The molecule has 0 saturated carbocycles. The van der Waals surface area contributed by atoms with E-state index in [0.717, 1.165) is 6.42 Å². The molecule has 0 aromatic heterocycles. The third-order valence-corrected chi connectivity index (χ3v) is 3.95. The Kier molecular flexibility index (Phi) is 17.7. The summed E-state index contributed by atoms with van der Waals surface area (Å²) in [6, 6.07) is 0. The lowest BCUT2D eigenvalue weighted by molar-refractivity contribution is -0.132. The summed E-state index contributed by atoms with van der Waals surface area (Å²) in [6.07, 6.45) is 32.5. The van der Waals surface area contributed by atoms with Crippen LogP contribution in [0.1, 0.15) is 71.6 Å². The number of aliphatic carboxylic acids is 1. The maximum absolute atomic E-state index is 10.8. The van der Waals surface area contributed by atoms with Crippen molar-refractivity contribution in [2.24, 2.45) is 0 Å². The van der Waals surface area contributed by atoms with Crippen LogP contribution in [-0.2, 0) is 4.79 Å². The van der Waals surface area contributed by atoms with Gasteiger partial charge in [0.2, 0.25) is 0 Å². The minimum absolute atomic E-state index is 0.413. The van der Waals surface area contributed by atoms with E-state index in [0.29, 0.717) is 12.0 Å². The summed E-state index contributed by atoms with van der Waals surface area (Å²) in [5.74, 6) is -0.855. The first-order valence-corrected chi connectivity index (χ1v) is 9.98. The van der Waals surface area contributed by atoms with Crippen molar-refractivity contribution in [1.29, 1.82) is 0 Å². The van der Waals surface area contributed by atoms with Crippen molar-refractivity contribution in [2.45, 2.75) is 71.6 Å². The molecule has 1 N–H and O–H groups in total. The van der Waals surface area contributed by atoms with Crippen LogP contribution >= 0.6 is 0 Å². The van der Waals surface area contributed by atoms with Crippen LogP contribution in [0.5, 0.6) is 0 Å². The average Bonchev–Trinajstić information content (AvgIpc) is 2.63. The van der Waals surface area contributed by atoms with Crippen molar-refractivity contribution in [2.75, 3.05) is 0 Å². The third-order valence-electron chi connectivity index (χ3n) is 3.95. The van der Waals surface area contributed by atoms with Gasteiger partial charge in [-0.2, -0.15) is 0 Å². The second-order valence-corrected chi connectivity index (χ2v) is 6.23. The molecule has 2 heteroatoms. The number of carboxylic acid groups (broad SMARTS) is 1. The van der Waals surface area contributed by atoms with Crippen LogP contribution in [-0.4, -0.2) is 11.1 Å². The fourth-order valence-corrected chi connectivity index (χ4v) is 2.36. The van der Waals surface area contributed by atoms with Gasteiger partial charge in [0.05, 0.1) is 0 Å². The van der Waals surface area contributed by atoms with Gasteiger partial charge in [-0.05, 0) is 19.3 Å². The fraction of sp³-hybridized carbons (Fsp3) is 0.458. The van der Waals surface area contributed by atoms with Gasteiger partial charge in [-0.15, -0.1) is 0 Å². The monoisotopic (exact) mass is 356 g/mol. The normalized spacial score (nSPS) is 13.4. The van der Waals surface area contributed by atoms with Gasteiger partial charge >= 0.3 is 5.97 Å². The number of rotatable bonds is 15. The van der Waals surface area contributed by atoms with Crippen molar-refractivity contribution in [3.8, 4) is 0 Å². The molecule has 0 fully saturated rings.